The number of para-hydroxylation sites is 1. The number of carboxylic acids is 1. The Morgan fingerprint density at radius 1 is 1.33 bits per heavy atom. The lowest BCUT2D eigenvalue weighted by atomic mass is 9.77. The van der Waals surface area contributed by atoms with Gasteiger partial charge in [-0.2, -0.15) is 0 Å². The van der Waals surface area contributed by atoms with Crippen LogP contribution in [-0.4, -0.2) is 24.7 Å². The van der Waals surface area contributed by atoms with Crippen LogP contribution >= 0.6 is 0 Å². The molecule has 1 N–H and O–H groups in total. The zero-order valence-corrected chi connectivity index (χ0v) is 12.4. The second-order valence-electron chi connectivity index (χ2n) is 5.99. The van der Waals surface area contributed by atoms with Gasteiger partial charge in [-0.3, -0.25) is 0 Å². The van der Waals surface area contributed by atoms with E-state index in [4.69, 9.17) is 5.11 Å². The molecule has 0 bridgehead atoms. The Balaban J connectivity index is 1.96. The number of rotatable bonds is 2. The van der Waals surface area contributed by atoms with Gasteiger partial charge < -0.3 is 10.0 Å². The van der Waals surface area contributed by atoms with Crippen LogP contribution in [0.1, 0.15) is 31.2 Å². The van der Waals surface area contributed by atoms with Gasteiger partial charge in [-0.25, -0.2) is 4.79 Å². The number of fused-ring (bicyclic) bond motifs is 1. The van der Waals surface area contributed by atoms with Gasteiger partial charge in [0.15, 0.2) is 0 Å². The third-order valence-corrected chi connectivity index (χ3v) is 4.52. The second-order valence-corrected chi connectivity index (χ2v) is 5.99. The van der Waals surface area contributed by atoms with Crippen molar-refractivity contribution in [3.63, 3.8) is 0 Å². The van der Waals surface area contributed by atoms with Gasteiger partial charge in [-0.1, -0.05) is 36.3 Å². The van der Waals surface area contributed by atoms with E-state index in [0.29, 0.717) is 5.92 Å². The molecule has 2 aliphatic rings. The smallest absolute Gasteiger partial charge is 0.328 e. The Bertz CT molecular complexity index is 615. The first-order valence-corrected chi connectivity index (χ1v) is 7.59. The van der Waals surface area contributed by atoms with Crippen LogP contribution in [0.25, 0.3) is 6.08 Å². The minimum atomic E-state index is -0.818. The van der Waals surface area contributed by atoms with E-state index in [1.54, 1.807) is 0 Å². The Hall–Kier alpha value is -2.03. The quantitative estimate of drug-likeness (QED) is 0.841. The highest BCUT2D eigenvalue weighted by Gasteiger charge is 2.26. The van der Waals surface area contributed by atoms with Crippen molar-refractivity contribution in [3.8, 4) is 0 Å². The summed E-state index contributed by atoms with van der Waals surface area (Å²) in [6.45, 7) is 0.888. The van der Waals surface area contributed by atoms with Crippen LogP contribution in [0.15, 0.2) is 41.5 Å². The highest BCUT2D eigenvalue weighted by atomic mass is 16.4. The Kier molecular flexibility index (Phi) is 3.82. The highest BCUT2D eigenvalue weighted by molar-refractivity contribution is 5.81. The summed E-state index contributed by atoms with van der Waals surface area (Å²) in [6, 6.07) is 8.39. The van der Waals surface area contributed by atoms with E-state index in [0.717, 1.165) is 31.4 Å². The summed E-state index contributed by atoms with van der Waals surface area (Å²) in [7, 11) is 2.11. The van der Waals surface area contributed by atoms with Crippen molar-refractivity contribution in [1.82, 2.24) is 0 Å². The third-order valence-electron chi connectivity index (χ3n) is 4.52. The number of likely N-dealkylation sites (N-methyl/N-ethyl adjacent to an activating group) is 1. The maximum absolute atomic E-state index is 11.1. The lowest BCUT2D eigenvalue weighted by Crippen LogP contribution is -2.28. The summed E-state index contributed by atoms with van der Waals surface area (Å²) in [5.41, 5.74) is 4.93. The molecule has 110 valence electrons. The standard InChI is InChI=1S/C18H21NO2/c1-19-12-15(10-14-7-3-5-9-17(14)19)16-8-4-2-6-13(16)11-18(20)21/h3,5,7,9-11,16H,2,4,6,8,12H2,1H3,(H,20,21). The van der Waals surface area contributed by atoms with Crippen LogP contribution in [0.2, 0.25) is 0 Å². The summed E-state index contributed by atoms with van der Waals surface area (Å²) >= 11 is 0. The molecule has 1 aliphatic heterocycles. The van der Waals surface area contributed by atoms with Crippen LogP contribution < -0.4 is 4.90 Å². The lowest BCUT2D eigenvalue weighted by Gasteiger charge is -2.34. The maximum atomic E-state index is 11.1. The number of carboxylic acid groups (broad SMARTS) is 1. The van der Waals surface area contributed by atoms with Crippen molar-refractivity contribution in [2.45, 2.75) is 25.7 Å². The van der Waals surface area contributed by atoms with Crippen LogP contribution in [0, 0.1) is 5.92 Å². The Morgan fingerprint density at radius 3 is 2.95 bits per heavy atom. The molecule has 1 saturated carbocycles. The molecule has 0 radical (unpaired) electrons. The zero-order chi connectivity index (χ0) is 14.8. The predicted octanol–water partition coefficient (Wildman–Crippen LogP) is 3.72. The first-order chi connectivity index (χ1) is 10.1. The van der Waals surface area contributed by atoms with Crippen molar-refractivity contribution in [1.29, 1.82) is 0 Å². The first-order valence-electron chi connectivity index (χ1n) is 7.59. The number of allylic oxidation sites excluding steroid dienone is 1. The molecule has 0 aromatic heterocycles. The molecular weight excluding hydrogens is 262 g/mol. The second kappa shape index (κ2) is 5.76. The highest BCUT2D eigenvalue weighted by Crippen LogP contribution is 2.39. The molecule has 1 aromatic carbocycles. The maximum Gasteiger partial charge on any atom is 0.328 e. The average Bonchev–Trinajstić information content (AvgIpc) is 2.47. The molecule has 3 rings (SSSR count). The molecule has 21 heavy (non-hydrogen) atoms. The van der Waals surface area contributed by atoms with E-state index in [1.165, 1.54) is 29.3 Å². The molecule has 1 atom stereocenters. The van der Waals surface area contributed by atoms with E-state index >= 15 is 0 Å². The van der Waals surface area contributed by atoms with E-state index in [-0.39, 0.29) is 0 Å². The van der Waals surface area contributed by atoms with Crippen molar-refractivity contribution in [2.75, 3.05) is 18.5 Å². The number of aliphatic carboxylic acids is 1. The number of nitrogens with zero attached hydrogens (tertiary/aromatic N) is 1. The van der Waals surface area contributed by atoms with Gasteiger partial charge in [-0.15, -0.1) is 0 Å². The molecule has 0 amide bonds. The Labute approximate surface area is 125 Å². The SMILES string of the molecule is CN1CC(C2CCCCC2=CC(=O)O)=Cc2ccccc21. The van der Waals surface area contributed by atoms with Gasteiger partial charge in [-0.05, 0) is 36.5 Å². The Morgan fingerprint density at radius 2 is 2.14 bits per heavy atom. The van der Waals surface area contributed by atoms with Crippen molar-refractivity contribution < 1.29 is 9.90 Å². The molecule has 1 aliphatic carbocycles. The van der Waals surface area contributed by atoms with Crippen molar-refractivity contribution >= 4 is 17.7 Å². The van der Waals surface area contributed by atoms with Crippen molar-refractivity contribution in [3.05, 3.63) is 47.1 Å². The van der Waals surface area contributed by atoms with Gasteiger partial charge in [0.25, 0.3) is 0 Å². The van der Waals surface area contributed by atoms with E-state index < -0.39 is 5.97 Å². The van der Waals surface area contributed by atoms with Gasteiger partial charge in [0.05, 0.1) is 0 Å². The van der Waals surface area contributed by atoms with Crippen molar-refractivity contribution in [2.24, 2.45) is 5.92 Å². The minimum absolute atomic E-state index is 0.297. The van der Waals surface area contributed by atoms with Gasteiger partial charge in [0.1, 0.15) is 0 Å². The lowest BCUT2D eigenvalue weighted by molar-refractivity contribution is -0.131. The molecule has 0 spiro atoms. The minimum Gasteiger partial charge on any atom is -0.478 e. The normalized spacial score (nSPS) is 23.7. The molecule has 1 unspecified atom stereocenters. The molecule has 1 fully saturated rings. The molecule has 3 heteroatoms. The van der Waals surface area contributed by atoms with Crippen LogP contribution in [-0.2, 0) is 4.79 Å². The predicted molar refractivity (Wildman–Crippen MR) is 85.4 cm³/mol. The molecule has 1 heterocycles. The van der Waals surface area contributed by atoms with Crippen LogP contribution in [0.4, 0.5) is 5.69 Å². The van der Waals surface area contributed by atoms with Gasteiger partial charge in [0, 0.05) is 31.3 Å². The monoisotopic (exact) mass is 283 g/mol. The number of anilines is 1. The van der Waals surface area contributed by atoms with Crippen LogP contribution in [0.3, 0.4) is 0 Å². The number of benzene rings is 1. The van der Waals surface area contributed by atoms with E-state index in [1.807, 2.05) is 0 Å². The van der Waals surface area contributed by atoms with Gasteiger partial charge >= 0.3 is 5.97 Å². The third kappa shape index (κ3) is 2.87. The summed E-state index contributed by atoms with van der Waals surface area (Å²) in [5, 5.41) is 9.09. The summed E-state index contributed by atoms with van der Waals surface area (Å²) in [6.07, 6.45) is 7.98. The molecule has 1 aromatic rings. The molecular formula is C18H21NO2. The summed E-state index contributed by atoms with van der Waals surface area (Å²) < 4.78 is 0. The fraction of sp³-hybridized carbons (Fsp3) is 0.389. The van der Waals surface area contributed by atoms with E-state index in [2.05, 4.69) is 42.3 Å². The fourth-order valence-corrected chi connectivity index (χ4v) is 3.56. The molecule has 3 nitrogen and oxygen atoms in total. The zero-order valence-electron chi connectivity index (χ0n) is 12.4. The van der Waals surface area contributed by atoms with Crippen LogP contribution in [0.5, 0.6) is 0 Å². The average molecular weight is 283 g/mol. The number of hydrogen-bond donors (Lipinski definition) is 1. The number of hydrogen-bond acceptors (Lipinski definition) is 2. The van der Waals surface area contributed by atoms with Gasteiger partial charge in [0.2, 0.25) is 0 Å². The largest absolute Gasteiger partial charge is 0.478 e. The number of carbonyl (C=O) groups is 1. The van der Waals surface area contributed by atoms with E-state index in [9.17, 15) is 4.79 Å². The summed E-state index contributed by atoms with van der Waals surface area (Å²) in [4.78, 5) is 13.3. The summed E-state index contributed by atoms with van der Waals surface area (Å²) in [5.74, 6) is -0.521. The molecule has 0 saturated heterocycles. The fourth-order valence-electron chi connectivity index (χ4n) is 3.56. The topological polar surface area (TPSA) is 40.5 Å². The first kappa shape index (κ1) is 13.9.